The van der Waals surface area contributed by atoms with E-state index >= 15 is 0 Å². The van der Waals surface area contributed by atoms with E-state index in [-0.39, 0.29) is 24.0 Å². The molecular formula is C20H36IN5O. The van der Waals surface area contributed by atoms with Crippen LogP contribution in [-0.4, -0.2) is 51.3 Å². The minimum absolute atomic E-state index is 0. The zero-order valence-corrected chi connectivity index (χ0v) is 19.1. The van der Waals surface area contributed by atoms with E-state index in [1.807, 2.05) is 31.4 Å². The number of halogens is 1. The second kappa shape index (κ2) is 14.0. The Hall–Kier alpha value is -1.09. The Morgan fingerprint density at radius 3 is 2.63 bits per heavy atom. The fraction of sp³-hybridized carbons (Fsp3) is 0.700. The number of aromatic nitrogens is 1. The van der Waals surface area contributed by atoms with Crippen LogP contribution in [-0.2, 0) is 4.74 Å². The Balaban J connectivity index is 0.00000364. The monoisotopic (exact) mass is 489 g/mol. The van der Waals surface area contributed by atoms with Gasteiger partial charge in [-0.3, -0.25) is 4.99 Å². The molecule has 7 heteroatoms. The van der Waals surface area contributed by atoms with Crippen molar-refractivity contribution in [2.75, 3.05) is 45.7 Å². The van der Waals surface area contributed by atoms with Gasteiger partial charge >= 0.3 is 0 Å². The number of pyridine rings is 1. The molecule has 0 aliphatic heterocycles. The van der Waals surface area contributed by atoms with Crippen molar-refractivity contribution in [1.29, 1.82) is 0 Å². The van der Waals surface area contributed by atoms with Crippen LogP contribution in [0.3, 0.4) is 0 Å². The molecule has 0 atom stereocenters. The molecule has 0 bridgehead atoms. The molecule has 1 fully saturated rings. The van der Waals surface area contributed by atoms with Crippen LogP contribution in [0.5, 0.6) is 0 Å². The first kappa shape index (κ1) is 23.9. The summed E-state index contributed by atoms with van der Waals surface area (Å²) in [6.07, 6.45) is 10.4. The van der Waals surface area contributed by atoms with E-state index in [1.165, 1.54) is 25.7 Å². The molecule has 154 valence electrons. The first-order chi connectivity index (χ1) is 12.8. The van der Waals surface area contributed by atoms with Gasteiger partial charge in [0.25, 0.3) is 0 Å². The van der Waals surface area contributed by atoms with E-state index in [4.69, 9.17) is 4.74 Å². The molecular weight excluding hydrogens is 453 g/mol. The maximum absolute atomic E-state index is 5.31. The number of methoxy groups -OCH3 is 1. The summed E-state index contributed by atoms with van der Waals surface area (Å²) >= 11 is 0. The van der Waals surface area contributed by atoms with Gasteiger partial charge < -0.3 is 20.7 Å². The molecule has 3 N–H and O–H groups in total. The third-order valence-electron chi connectivity index (χ3n) is 5.22. The van der Waals surface area contributed by atoms with Crippen molar-refractivity contribution < 1.29 is 4.74 Å². The normalized spacial score (nSPS) is 15.9. The minimum atomic E-state index is 0. The summed E-state index contributed by atoms with van der Waals surface area (Å²) < 4.78 is 5.31. The van der Waals surface area contributed by atoms with E-state index < -0.39 is 0 Å². The van der Waals surface area contributed by atoms with Gasteiger partial charge in [0, 0.05) is 46.6 Å². The molecule has 0 unspecified atom stereocenters. The summed E-state index contributed by atoms with van der Waals surface area (Å²) in [5, 5.41) is 10.3. The molecule has 1 heterocycles. The molecule has 0 aromatic carbocycles. The van der Waals surface area contributed by atoms with Crippen molar-refractivity contribution >= 4 is 35.8 Å². The highest BCUT2D eigenvalue weighted by atomic mass is 127. The topological polar surface area (TPSA) is 70.6 Å². The summed E-state index contributed by atoms with van der Waals surface area (Å²) in [5.41, 5.74) is 0.375. The lowest BCUT2D eigenvalue weighted by atomic mass is 9.83. The number of guanidine groups is 1. The first-order valence-electron chi connectivity index (χ1n) is 9.86. The number of unbranched alkanes of at least 4 members (excludes halogenated alkanes) is 1. The largest absolute Gasteiger partial charge is 0.385 e. The molecule has 1 aromatic heterocycles. The maximum atomic E-state index is 5.31. The van der Waals surface area contributed by atoms with Crippen molar-refractivity contribution in [3.63, 3.8) is 0 Å². The Kier molecular flexibility index (Phi) is 12.4. The maximum Gasteiger partial charge on any atom is 0.190 e. The number of hydrogen-bond donors (Lipinski definition) is 3. The van der Waals surface area contributed by atoms with Crippen LogP contribution in [0.2, 0.25) is 0 Å². The Morgan fingerprint density at radius 2 is 1.96 bits per heavy atom. The second-order valence-corrected chi connectivity index (χ2v) is 7.15. The standard InChI is InChI=1S/C20H35N5O.HI/c1-21-19(25-17-20(12-16-26-2)10-4-5-11-20)24-15-8-7-14-23-18-9-3-6-13-22-18;/h3,6,9,13H,4-5,7-8,10-12,14-17H2,1-2H3,(H,22,23)(H2,21,24,25);1H. The summed E-state index contributed by atoms with van der Waals surface area (Å²) in [6, 6.07) is 5.92. The van der Waals surface area contributed by atoms with Crippen molar-refractivity contribution in [3.8, 4) is 0 Å². The molecule has 2 rings (SSSR count). The Labute approximate surface area is 181 Å². The summed E-state index contributed by atoms with van der Waals surface area (Å²) in [5.74, 6) is 1.85. The Bertz CT molecular complexity index is 520. The van der Waals surface area contributed by atoms with Gasteiger partial charge in [-0.25, -0.2) is 4.98 Å². The smallest absolute Gasteiger partial charge is 0.190 e. The molecule has 0 spiro atoms. The highest BCUT2D eigenvalue weighted by molar-refractivity contribution is 14.0. The van der Waals surface area contributed by atoms with Gasteiger partial charge in [0.2, 0.25) is 0 Å². The zero-order chi connectivity index (χ0) is 18.5. The van der Waals surface area contributed by atoms with Crippen molar-refractivity contribution in [2.45, 2.75) is 44.9 Å². The van der Waals surface area contributed by atoms with Crippen LogP contribution in [0.4, 0.5) is 5.82 Å². The van der Waals surface area contributed by atoms with Gasteiger partial charge in [0.05, 0.1) is 0 Å². The molecule has 0 radical (unpaired) electrons. The van der Waals surface area contributed by atoms with Gasteiger partial charge in [0.1, 0.15) is 5.82 Å². The van der Waals surface area contributed by atoms with Crippen molar-refractivity contribution in [1.82, 2.24) is 15.6 Å². The third-order valence-corrected chi connectivity index (χ3v) is 5.22. The molecule has 27 heavy (non-hydrogen) atoms. The number of aliphatic imine (C=N–C) groups is 1. The van der Waals surface area contributed by atoms with Gasteiger partial charge in [-0.2, -0.15) is 0 Å². The number of nitrogens with zero attached hydrogens (tertiary/aromatic N) is 2. The number of rotatable bonds is 11. The van der Waals surface area contributed by atoms with E-state index in [0.29, 0.717) is 5.41 Å². The predicted octanol–water partition coefficient (Wildman–Crippen LogP) is 3.65. The highest BCUT2D eigenvalue weighted by Gasteiger charge is 2.33. The second-order valence-electron chi connectivity index (χ2n) is 7.15. The summed E-state index contributed by atoms with van der Waals surface area (Å²) in [4.78, 5) is 8.63. The van der Waals surface area contributed by atoms with Crippen LogP contribution in [0.15, 0.2) is 29.4 Å². The van der Waals surface area contributed by atoms with Crippen LogP contribution in [0.1, 0.15) is 44.9 Å². The number of hydrogen-bond acceptors (Lipinski definition) is 4. The van der Waals surface area contributed by atoms with Crippen molar-refractivity contribution in [2.24, 2.45) is 10.4 Å². The summed E-state index contributed by atoms with van der Waals surface area (Å²) in [7, 11) is 3.63. The lowest BCUT2D eigenvalue weighted by Gasteiger charge is -2.30. The lowest BCUT2D eigenvalue weighted by molar-refractivity contribution is 0.138. The SMILES string of the molecule is CN=C(NCCCCNc1ccccn1)NCC1(CCOC)CCCC1.I. The predicted molar refractivity (Wildman–Crippen MR) is 124 cm³/mol. The molecule has 1 aromatic rings. The fourth-order valence-corrected chi connectivity index (χ4v) is 3.59. The summed E-state index contributed by atoms with van der Waals surface area (Å²) in [6.45, 7) is 3.69. The molecule has 1 aliphatic rings. The van der Waals surface area contributed by atoms with E-state index in [1.54, 1.807) is 7.11 Å². The number of ether oxygens (including phenoxy) is 1. The fourth-order valence-electron chi connectivity index (χ4n) is 3.59. The quantitative estimate of drug-likeness (QED) is 0.192. The van der Waals surface area contributed by atoms with Crippen molar-refractivity contribution in [3.05, 3.63) is 24.4 Å². The minimum Gasteiger partial charge on any atom is -0.385 e. The number of nitrogens with one attached hydrogen (secondary N) is 3. The average molecular weight is 489 g/mol. The first-order valence-corrected chi connectivity index (χ1v) is 9.86. The average Bonchev–Trinajstić information content (AvgIpc) is 3.15. The Morgan fingerprint density at radius 1 is 1.19 bits per heavy atom. The molecule has 1 aliphatic carbocycles. The van der Waals surface area contributed by atoms with Gasteiger partial charge in [-0.15, -0.1) is 24.0 Å². The van der Waals surface area contributed by atoms with Crippen LogP contribution in [0, 0.1) is 5.41 Å². The zero-order valence-electron chi connectivity index (χ0n) is 16.8. The van der Waals surface area contributed by atoms with Crippen LogP contribution >= 0.6 is 24.0 Å². The van der Waals surface area contributed by atoms with Gasteiger partial charge in [-0.1, -0.05) is 18.9 Å². The lowest BCUT2D eigenvalue weighted by Crippen LogP contribution is -2.43. The molecule has 0 amide bonds. The van der Waals surface area contributed by atoms with E-state index in [2.05, 4.69) is 25.9 Å². The number of anilines is 1. The third kappa shape index (κ3) is 9.10. The van der Waals surface area contributed by atoms with Gasteiger partial charge in [0.15, 0.2) is 5.96 Å². The van der Waals surface area contributed by atoms with E-state index in [0.717, 1.165) is 57.3 Å². The van der Waals surface area contributed by atoms with E-state index in [9.17, 15) is 0 Å². The molecule has 6 nitrogen and oxygen atoms in total. The van der Waals surface area contributed by atoms with Crippen LogP contribution in [0.25, 0.3) is 0 Å². The van der Waals surface area contributed by atoms with Crippen LogP contribution < -0.4 is 16.0 Å². The molecule has 1 saturated carbocycles. The molecule has 0 saturated heterocycles. The van der Waals surface area contributed by atoms with Gasteiger partial charge in [-0.05, 0) is 49.7 Å². The highest BCUT2D eigenvalue weighted by Crippen LogP contribution is 2.40.